The molecule has 0 aliphatic carbocycles. The van der Waals surface area contributed by atoms with E-state index in [0.717, 1.165) is 32.1 Å². The second-order valence-electron chi connectivity index (χ2n) is 20.1. The van der Waals surface area contributed by atoms with Crippen molar-refractivity contribution < 1.29 is 73.8 Å². The van der Waals surface area contributed by atoms with Crippen molar-refractivity contribution in [2.45, 2.75) is 293 Å². The first-order chi connectivity index (χ1) is 34.5. The predicted molar refractivity (Wildman–Crippen MR) is 275 cm³/mol. The van der Waals surface area contributed by atoms with Gasteiger partial charge in [-0.2, -0.15) is 0 Å². The van der Waals surface area contributed by atoms with E-state index < -0.39 is 99.3 Å². The van der Waals surface area contributed by atoms with Crippen molar-refractivity contribution in [3.63, 3.8) is 0 Å². The molecule has 0 radical (unpaired) electrons. The number of aliphatic hydroxyl groups is 7. The van der Waals surface area contributed by atoms with E-state index in [-0.39, 0.29) is 19.4 Å². The Hall–Kier alpha value is -2.02. The van der Waals surface area contributed by atoms with Crippen molar-refractivity contribution in [3.8, 4) is 0 Å². The minimum atomic E-state index is -1.77. The van der Waals surface area contributed by atoms with Crippen molar-refractivity contribution in [3.05, 3.63) is 24.3 Å². The van der Waals surface area contributed by atoms with E-state index in [1.807, 2.05) is 6.08 Å². The lowest BCUT2D eigenvalue weighted by atomic mass is 9.98. The van der Waals surface area contributed by atoms with Crippen LogP contribution in [0.15, 0.2) is 24.3 Å². The van der Waals surface area contributed by atoms with Crippen LogP contribution in [0.25, 0.3) is 0 Å². The number of aliphatic hydroxyl groups excluding tert-OH is 7. The van der Waals surface area contributed by atoms with Crippen LogP contribution in [0.4, 0.5) is 0 Å². The Bertz CT molecular complexity index is 1330. The average molecular weight is 1020 g/mol. The van der Waals surface area contributed by atoms with Crippen LogP contribution in [0.2, 0.25) is 0 Å². The third kappa shape index (κ3) is 30.8. The molecule has 71 heavy (non-hydrogen) atoms. The molecule has 2 saturated heterocycles. The smallest absolute Gasteiger partial charge is 0.306 e. The van der Waals surface area contributed by atoms with Gasteiger partial charge >= 0.3 is 11.9 Å². The molecule has 2 aliphatic rings. The highest BCUT2D eigenvalue weighted by molar-refractivity contribution is 5.70. The Morgan fingerprint density at radius 3 is 1.35 bits per heavy atom. The first kappa shape index (κ1) is 65.1. The molecule has 0 saturated carbocycles. The van der Waals surface area contributed by atoms with Gasteiger partial charge in [-0.15, -0.1) is 0 Å². The monoisotopic (exact) mass is 1010 g/mol. The lowest BCUT2D eigenvalue weighted by molar-refractivity contribution is -0.332. The van der Waals surface area contributed by atoms with E-state index in [1.165, 1.54) is 148 Å². The van der Waals surface area contributed by atoms with Crippen LogP contribution >= 0.6 is 0 Å². The number of esters is 2. The van der Waals surface area contributed by atoms with Gasteiger partial charge in [0.15, 0.2) is 18.7 Å². The molecule has 2 aliphatic heterocycles. The van der Waals surface area contributed by atoms with Crippen LogP contribution < -0.4 is 0 Å². The highest BCUT2D eigenvalue weighted by atomic mass is 16.7. The van der Waals surface area contributed by atoms with Crippen LogP contribution in [-0.2, 0) is 38.0 Å². The summed E-state index contributed by atoms with van der Waals surface area (Å²) in [6.45, 7) is 2.59. The van der Waals surface area contributed by atoms with Crippen molar-refractivity contribution in [1.82, 2.24) is 0 Å². The topological polar surface area (TPSA) is 231 Å². The highest BCUT2D eigenvalue weighted by Crippen LogP contribution is 2.27. The number of allylic oxidation sites excluding steroid dienone is 4. The maximum atomic E-state index is 13.0. The summed E-state index contributed by atoms with van der Waals surface area (Å²) in [6, 6.07) is 0. The first-order valence-electron chi connectivity index (χ1n) is 28.4. The first-order valence-corrected chi connectivity index (χ1v) is 28.4. The van der Waals surface area contributed by atoms with Gasteiger partial charge in [-0.25, -0.2) is 0 Å². The summed E-state index contributed by atoms with van der Waals surface area (Å²) < 4.78 is 33.6. The summed E-state index contributed by atoms with van der Waals surface area (Å²) in [5.74, 6) is -0.966. The van der Waals surface area contributed by atoms with Gasteiger partial charge in [0.25, 0.3) is 0 Å². The maximum Gasteiger partial charge on any atom is 0.306 e. The molecular formula is C56H102O15. The number of hydrogen-bond donors (Lipinski definition) is 7. The summed E-state index contributed by atoms with van der Waals surface area (Å²) in [4.78, 5) is 25.8. The van der Waals surface area contributed by atoms with Gasteiger partial charge < -0.3 is 64.2 Å². The summed E-state index contributed by atoms with van der Waals surface area (Å²) in [5, 5.41) is 72.2. The van der Waals surface area contributed by atoms with E-state index in [1.54, 1.807) is 0 Å². The molecule has 2 rings (SSSR count). The van der Waals surface area contributed by atoms with Gasteiger partial charge in [0, 0.05) is 12.8 Å². The molecule has 11 atom stereocenters. The Kier molecular flexibility index (Phi) is 39.6. The van der Waals surface area contributed by atoms with E-state index in [2.05, 4.69) is 32.1 Å². The third-order valence-corrected chi connectivity index (χ3v) is 13.7. The Balaban J connectivity index is 1.78. The molecule has 15 nitrogen and oxygen atoms in total. The van der Waals surface area contributed by atoms with Crippen molar-refractivity contribution in [1.29, 1.82) is 0 Å². The third-order valence-electron chi connectivity index (χ3n) is 13.7. The van der Waals surface area contributed by atoms with Gasteiger partial charge in [0.05, 0.1) is 19.8 Å². The second kappa shape index (κ2) is 43.2. The van der Waals surface area contributed by atoms with E-state index in [4.69, 9.17) is 28.4 Å². The SMILES string of the molecule is CCCCCCCCCCC/C=C/C/C=C/CCCC(=O)O[C@@H](COC(=O)CCCCCCCCCCCCCCCCCCCC)CO[C@@H]1O[C@H](CO[C@@H]2O[C@H](CO)[C@H](O)C(O)C2O)[C@H](O)C(O)C1O. The van der Waals surface area contributed by atoms with Crippen LogP contribution in [-0.4, -0.2) is 142 Å². The molecule has 0 aromatic heterocycles. The molecule has 7 N–H and O–H groups in total. The Morgan fingerprint density at radius 2 is 0.859 bits per heavy atom. The zero-order chi connectivity index (χ0) is 51.7. The average Bonchev–Trinajstić information content (AvgIpc) is 3.36. The normalized spacial score (nSPS) is 25.3. The van der Waals surface area contributed by atoms with E-state index in [9.17, 15) is 45.3 Å². The second-order valence-corrected chi connectivity index (χ2v) is 20.1. The van der Waals surface area contributed by atoms with E-state index in [0.29, 0.717) is 19.3 Å². The van der Waals surface area contributed by atoms with Gasteiger partial charge in [0.2, 0.25) is 0 Å². The number of unbranched alkanes of at least 4 members (excludes halogenated alkanes) is 27. The van der Waals surface area contributed by atoms with Gasteiger partial charge in [0.1, 0.15) is 55.4 Å². The summed E-state index contributed by atoms with van der Waals surface area (Å²) in [5.41, 5.74) is 0. The standard InChI is InChI=1S/C56H102O15/c1-3-5-7-9-11-13-15-17-19-21-23-24-26-28-30-32-34-36-38-47(58)66-41-44(69-48(59)39-37-35-33-31-29-27-25-22-20-18-16-14-12-10-8-6-4-2)42-67-55-54(65)52(63)50(61)46(71-55)43-68-56-53(64)51(62)49(60)45(40-57)70-56/h25,27,31,33,44-46,49-57,60-65H,3-24,26,28-30,32,34-43H2,1-2H3/b27-25+,33-31+/t44-,45+,46+,49-,50-,51?,52?,53?,54?,55+,56+/m0/s1. The molecule has 0 aromatic rings. The molecule has 0 aromatic carbocycles. The summed E-state index contributed by atoms with van der Waals surface area (Å²) in [6.07, 6.45) is 29.2. The highest BCUT2D eigenvalue weighted by Gasteiger charge is 2.47. The predicted octanol–water partition coefficient (Wildman–Crippen LogP) is 9.11. The van der Waals surface area contributed by atoms with Crippen molar-refractivity contribution in [2.75, 3.05) is 26.4 Å². The lowest BCUT2D eigenvalue weighted by Crippen LogP contribution is -2.61. The Morgan fingerprint density at radius 1 is 0.451 bits per heavy atom. The molecule has 0 bridgehead atoms. The van der Waals surface area contributed by atoms with Gasteiger partial charge in [-0.05, 0) is 38.5 Å². The molecule has 2 fully saturated rings. The van der Waals surface area contributed by atoms with Crippen LogP contribution in [0, 0.1) is 0 Å². The quantitative estimate of drug-likeness (QED) is 0.0171. The van der Waals surface area contributed by atoms with Crippen LogP contribution in [0.3, 0.4) is 0 Å². The van der Waals surface area contributed by atoms with Crippen LogP contribution in [0.1, 0.15) is 226 Å². The minimum absolute atomic E-state index is 0.105. The fourth-order valence-corrected chi connectivity index (χ4v) is 9.02. The molecule has 0 spiro atoms. The molecule has 15 heteroatoms. The number of rotatable bonds is 45. The van der Waals surface area contributed by atoms with Gasteiger partial charge in [-0.3, -0.25) is 9.59 Å². The van der Waals surface area contributed by atoms with Crippen molar-refractivity contribution >= 4 is 11.9 Å². The molecule has 2 heterocycles. The number of hydrogen-bond acceptors (Lipinski definition) is 15. The zero-order valence-corrected chi connectivity index (χ0v) is 44.2. The summed E-state index contributed by atoms with van der Waals surface area (Å²) >= 11 is 0. The molecule has 4 unspecified atom stereocenters. The largest absolute Gasteiger partial charge is 0.462 e. The van der Waals surface area contributed by atoms with Crippen LogP contribution in [0.5, 0.6) is 0 Å². The number of carbonyl (C=O) groups excluding carboxylic acids is 2. The zero-order valence-electron chi connectivity index (χ0n) is 44.2. The lowest BCUT2D eigenvalue weighted by Gasteiger charge is -2.42. The fraction of sp³-hybridized carbons (Fsp3) is 0.893. The van der Waals surface area contributed by atoms with Crippen molar-refractivity contribution in [2.24, 2.45) is 0 Å². The van der Waals surface area contributed by atoms with Gasteiger partial charge in [-0.1, -0.05) is 199 Å². The molecular weight excluding hydrogens is 913 g/mol. The maximum absolute atomic E-state index is 13.0. The number of carbonyl (C=O) groups is 2. The minimum Gasteiger partial charge on any atom is -0.462 e. The molecule has 416 valence electrons. The van der Waals surface area contributed by atoms with E-state index >= 15 is 0 Å². The molecule has 0 amide bonds. The number of ether oxygens (including phenoxy) is 6. The Labute approximate surface area is 428 Å². The fourth-order valence-electron chi connectivity index (χ4n) is 9.02. The summed E-state index contributed by atoms with van der Waals surface area (Å²) in [7, 11) is 0.